The van der Waals surface area contributed by atoms with E-state index in [1.807, 2.05) is 19.9 Å². The molecular weight excluding hydrogens is 340 g/mol. The van der Waals surface area contributed by atoms with Gasteiger partial charge in [-0.2, -0.15) is 0 Å². The molecule has 0 aliphatic carbocycles. The molecule has 1 aliphatic heterocycles. The third kappa shape index (κ3) is 5.41. The maximum Gasteiger partial charge on any atom is 0.245 e. The van der Waals surface area contributed by atoms with Gasteiger partial charge in [-0.1, -0.05) is 39.7 Å². The van der Waals surface area contributed by atoms with E-state index in [0.29, 0.717) is 30.2 Å². The first kappa shape index (κ1) is 21.9. The summed E-state index contributed by atoms with van der Waals surface area (Å²) in [5, 5.41) is 9.63. The molecule has 0 radical (unpaired) electrons. The maximum absolute atomic E-state index is 11.7. The van der Waals surface area contributed by atoms with Gasteiger partial charge in [0.1, 0.15) is 11.6 Å². The lowest BCUT2D eigenvalue weighted by Crippen LogP contribution is -2.26. The Morgan fingerprint density at radius 2 is 2.07 bits per heavy atom. The molecule has 6 nitrogen and oxygen atoms in total. The van der Waals surface area contributed by atoms with Crippen molar-refractivity contribution in [3.63, 3.8) is 0 Å². The van der Waals surface area contributed by atoms with E-state index in [9.17, 15) is 9.90 Å². The minimum Gasteiger partial charge on any atom is -0.508 e. The van der Waals surface area contributed by atoms with Crippen LogP contribution in [0.15, 0.2) is 61.1 Å². The van der Waals surface area contributed by atoms with Gasteiger partial charge < -0.3 is 26.5 Å². The van der Waals surface area contributed by atoms with E-state index in [1.54, 1.807) is 17.1 Å². The monoisotopic (exact) mass is 370 g/mol. The summed E-state index contributed by atoms with van der Waals surface area (Å²) in [7, 11) is 0. The Morgan fingerprint density at radius 1 is 1.41 bits per heavy atom. The smallest absolute Gasteiger partial charge is 0.245 e. The Hall–Kier alpha value is -3.15. The highest BCUT2D eigenvalue weighted by atomic mass is 16.3. The highest BCUT2D eigenvalue weighted by molar-refractivity contribution is 5.87. The predicted octanol–water partition coefficient (Wildman–Crippen LogP) is 3.61. The van der Waals surface area contributed by atoms with Crippen molar-refractivity contribution < 1.29 is 9.90 Å². The Kier molecular flexibility index (Phi) is 8.20. The van der Waals surface area contributed by atoms with Gasteiger partial charge in [-0.3, -0.25) is 4.79 Å². The average molecular weight is 370 g/mol. The first-order valence-electron chi connectivity index (χ1n) is 8.95. The number of H-pyrrole nitrogens is 1. The summed E-state index contributed by atoms with van der Waals surface area (Å²) in [6.07, 6.45) is 6.96. The molecule has 0 bridgehead atoms. The summed E-state index contributed by atoms with van der Waals surface area (Å²) < 4.78 is 0. The van der Waals surface area contributed by atoms with Crippen LogP contribution in [0.4, 0.5) is 5.82 Å². The van der Waals surface area contributed by atoms with Crippen LogP contribution >= 0.6 is 0 Å². The number of aromatic nitrogens is 1. The number of carbonyl (C=O) groups excluding carboxylic acids is 1. The summed E-state index contributed by atoms with van der Waals surface area (Å²) in [5.74, 6) is 0.461. The van der Waals surface area contributed by atoms with Gasteiger partial charge in [0.2, 0.25) is 5.91 Å². The van der Waals surface area contributed by atoms with Crippen molar-refractivity contribution in [1.82, 2.24) is 9.88 Å². The Morgan fingerprint density at radius 3 is 2.63 bits per heavy atom. The van der Waals surface area contributed by atoms with Crippen molar-refractivity contribution in [2.45, 2.75) is 26.2 Å². The number of aliphatic hydroxyl groups excluding tert-OH is 1. The number of anilines is 1. The highest BCUT2D eigenvalue weighted by Gasteiger charge is 2.27. The number of nitrogen functional groups attached to an aromatic ring is 1. The number of likely N-dealkylation sites (tertiary alicyclic amines) is 1. The Labute approximate surface area is 161 Å². The zero-order valence-corrected chi connectivity index (χ0v) is 16.2. The lowest BCUT2D eigenvalue weighted by atomic mass is 10.0. The molecule has 1 atom stereocenters. The van der Waals surface area contributed by atoms with E-state index in [1.165, 1.54) is 12.2 Å². The molecule has 2 heterocycles. The topological polar surface area (TPSA) is 108 Å². The summed E-state index contributed by atoms with van der Waals surface area (Å²) in [6.45, 7) is 15.9. The van der Waals surface area contributed by atoms with Crippen molar-refractivity contribution in [2.24, 2.45) is 5.73 Å². The summed E-state index contributed by atoms with van der Waals surface area (Å²) in [4.78, 5) is 16.6. The second kappa shape index (κ2) is 10.1. The third-order valence-corrected chi connectivity index (χ3v) is 4.23. The number of nitrogens with one attached hydrogen (secondary N) is 1. The number of nitrogens with two attached hydrogens (primary N) is 2. The summed E-state index contributed by atoms with van der Waals surface area (Å²) in [6, 6.07) is 1.92. The normalized spacial score (nSPS) is 17.1. The minimum absolute atomic E-state index is 0.0629. The first-order valence-corrected chi connectivity index (χ1v) is 8.95. The number of amides is 1. The second-order valence-corrected chi connectivity index (χ2v) is 5.93. The van der Waals surface area contributed by atoms with E-state index < -0.39 is 0 Å². The molecule has 6 N–H and O–H groups in total. The zero-order valence-electron chi connectivity index (χ0n) is 16.2. The van der Waals surface area contributed by atoms with Crippen LogP contribution in [0.2, 0.25) is 0 Å². The van der Waals surface area contributed by atoms with E-state index in [4.69, 9.17) is 11.5 Å². The second-order valence-electron chi connectivity index (χ2n) is 5.93. The fourth-order valence-corrected chi connectivity index (χ4v) is 2.91. The number of hydrogen-bond acceptors (Lipinski definition) is 4. The van der Waals surface area contributed by atoms with Gasteiger partial charge in [0.15, 0.2) is 0 Å². The van der Waals surface area contributed by atoms with Crippen molar-refractivity contribution in [3.8, 4) is 0 Å². The summed E-state index contributed by atoms with van der Waals surface area (Å²) >= 11 is 0. The van der Waals surface area contributed by atoms with Crippen LogP contribution in [-0.2, 0) is 4.79 Å². The standard InChI is InChI=1S/C19H24N4O2.C2H6/c1-4-6-15(12(3)24)16(20)9-14-10-17(22-19(14)21)13-7-8-23(11-13)18(25)5-2;1-2/h4-6,9-10,13,22,24H,1-3,7-8,11,20-21H2;1-2H3/b15-6+,16-9-;. The number of aromatic amines is 1. The number of allylic oxidation sites excluding steroid dienone is 2. The average Bonchev–Trinajstić information content (AvgIpc) is 3.27. The van der Waals surface area contributed by atoms with Crippen molar-refractivity contribution in [3.05, 3.63) is 72.3 Å². The van der Waals surface area contributed by atoms with Gasteiger partial charge in [0, 0.05) is 41.5 Å². The van der Waals surface area contributed by atoms with Crippen LogP contribution in [0.1, 0.15) is 37.4 Å². The number of aliphatic hydroxyl groups is 1. The molecule has 6 heteroatoms. The molecule has 1 aromatic rings. The number of rotatable bonds is 6. The molecular formula is C21H30N4O2. The molecule has 1 aliphatic rings. The summed E-state index contributed by atoms with van der Waals surface area (Å²) in [5.41, 5.74) is 14.5. The lowest BCUT2D eigenvalue weighted by molar-refractivity contribution is -0.125. The van der Waals surface area contributed by atoms with Gasteiger partial charge in [0.25, 0.3) is 0 Å². The van der Waals surface area contributed by atoms with Crippen molar-refractivity contribution in [1.29, 1.82) is 0 Å². The van der Waals surface area contributed by atoms with Crippen LogP contribution < -0.4 is 11.5 Å². The number of nitrogens with zero attached hydrogens (tertiary/aromatic N) is 1. The van der Waals surface area contributed by atoms with Crippen LogP contribution in [0.5, 0.6) is 0 Å². The number of carbonyl (C=O) groups is 1. The molecule has 1 saturated heterocycles. The lowest BCUT2D eigenvalue weighted by Gasteiger charge is -2.13. The SMILES string of the molecule is C=C/C=C(C(=C)O)/C(N)=C/c1cc(C2CCN(C(=O)C=C)C2)[nH]c1N.CC. The molecule has 0 aromatic carbocycles. The van der Waals surface area contributed by atoms with Crippen molar-refractivity contribution in [2.75, 3.05) is 18.8 Å². The first-order chi connectivity index (χ1) is 12.9. The van der Waals surface area contributed by atoms with E-state index in [0.717, 1.165) is 17.7 Å². The number of hydrogen-bond donors (Lipinski definition) is 4. The van der Waals surface area contributed by atoms with Gasteiger partial charge >= 0.3 is 0 Å². The fourth-order valence-electron chi connectivity index (χ4n) is 2.91. The molecule has 0 saturated carbocycles. The predicted molar refractivity (Wildman–Crippen MR) is 113 cm³/mol. The third-order valence-electron chi connectivity index (χ3n) is 4.23. The molecule has 1 fully saturated rings. The van der Waals surface area contributed by atoms with Crippen molar-refractivity contribution >= 4 is 17.8 Å². The van der Waals surface area contributed by atoms with Gasteiger partial charge in [-0.15, -0.1) is 0 Å². The molecule has 27 heavy (non-hydrogen) atoms. The quantitative estimate of drug-likeness (QED) is 0.348. The molecule has 1 amide bonds. The molecule has 1 aromatic heterocycles. The van der Waals surface area contributed by atoms with Gasteiger partial charge in [-0.05, 0) is 30.7 Å². The van der Waals surface area contributed by atoms with E-state index >= 15 is 0 Å². The molecule has 1 unspecified atom stereocenters. The molecule has 146 valence electrons. The van der Waals surface area contributed by atoms with Crippen LogP contribution in [0.25, 0.3) is 6.08 Å². The largest absolute Gasteiger partial charge is 0.508 e. The Balaban J connectivity index is 0.00000176. The van der Waals surface area contributed by atoms with E-state index in [-0.39, 0.29) is 17.6 Å². The molecule has 0 spiro atoms. The maximum atomic E-state index is 11.7. The van der Waals surface area contributed by atoms with Crippen LogP contribution in [-0.4, -0.2) is 34.0 Å². The highest BCUT2D eigenvalue weighted by Crippen LogP contribution is 2.30. The zero-order chi connectivity index (χ0) is 20.6. The van der Waals surface area contributed by atoms with Crippen LogP contribution in [0, 0.1) is 0 Å². The van der Waals surface area contributed by atoms with Gasteiger partial charge in [0.05, 0.1) is 0 Å². The van der Waals surface area contributed by atoms with Crippen LogP contribution in [0.3, 0.4) is 0 Å². The van der Waals surface area contributed by atoms with Gasteiger partial charge in [-0.25, -0.2) is 0 Å². The van der Waals surface area contributed by atoms with E-state index in [2.05, 4.69) is 24.7 Å². The minimum atomic E-state index is -0.141. The fraction of sp³-hybridized carbons (Fsp3) is 0.286. The Bertz CT molecular complexity index is 771. The molecule has 2 rings (SSSR count).